The SMILES string of the molecule is NC(=S)c1ccc(N2CCCN3CCCC3C2)c(F)c1. The molecule has 2 aliphatic heterocycles. The van der Waals surface area contributed by atoms with Crippen molar-refractivity contribution in [3.63, 3.8) is 0 Å². The Balaban J connectivity index is 1.82. The number of fused-ring (bicyclic) bond motifs is 1. The molecule has 3 rings (SSSR count). The van der Waals surface area contributed by atoms with Gasteiger partial charge in [-0.15, -0.1) is 0 Å². The topological polar surface area (TPSA) is 32.5 Å². The third-order valence-electron chi connectivity index (χ3n) is 4.38. The molecule has 0 spiro atoms. The molecular formula is C15H20FN3S. The van der Waals surface area contributed by atoms with Crippen molar-refractivity contribution >= 4 is 22.9 Å². The molecule has 2 saturated heterocycles. The van der Waals surface area contributed by atoms with Crippen molar-refractivity contribution in [2.24, 2.45) is 5.73 Å². The van der Waals surface area contributed by atoms with E-state index >= 15 is 0 Å². The van der Waals surface area contributed by atoms with E-state index < -0.39 is 0 Å². The fourth-order valence-corrected chi connectivity index (χ4v) is 3.47. The minimum Gasteiger partial charge on any atom is -0.389 e. The van der Waals surface area contributed by atoms with Crippen molar-refractivity contribution in [3.8, 4) is 0 Å². The number of anilines is 1. The maximum Gasteiger partial charge on any atom is 0.147 e. The van der Waals surface area contributed by atoms with Gasteiger partial charge in [0.25, 0.3) is 0 Å². The minimum atomic E-state index is -0.221. The number of rotatable bonds is 2. The lowest BCUT2D eigenvalue weighted by molar-refractivity contribution is 0.273. The van der Waals surface area contributed by atoms with Gasteiger partial charge in [0.2, 0.25) is 0 Å². The fourth-order valence-electron chi connectivity index (χ4n) is 3.34. The van der Waals surface area contributed by atoms with Gasteiger partial charge in [-0.25, -0.2) is 4.39 Å². The summed E-state index contributed by atoms with van der Waals surface area (Å²) in [6.07, 6.45) is 3.58. The van der Waals surface area contributed by atoms with Gasteiger partial charge in [0, 0.05) is 31.2 Å². The van der Waals surface area contributed by atoms with Crippen LogP contribution in [0.25, 0.3) is 0 Å². The van der Waals surface area contributed by atoms with Crippen LogP contribution in [0, 0.1) is 5.82 Å². The zero-order valence-corrected chi connectivity index (χ0v) is 12.3. The van der Waals surface area contributed by atoms with Gasteiger partial charge >= 0.3 is 0 Å². The molecule has 0 saturated carbocycles. The maximum atomic E-state index is 14.3. The molecule has 0 aromatic heterocycles. The van der Waals surface area contributed by atoms with E-state index in [0.717, 1.165) is 26.1 Å². The van der Waals surface area contributed by atoms with E-state index in [1.165, 1.54) is 25.5 Å². The summed E-state index contributed by atoms with van der Waals surface area (Å²) in [4.78, 5) is 4.96. The number of hydrogen-bond acceptors (Lipinski definition) is 3. The molecule has 3 nitrogen and oxygen atoms in total. The predicted octanol–water partition coefficient (Wildman–Crippen LogP) is 2.13. The second kappa shape index (κ2) is 5.66. The molecule has 20 heavy (non-hydrogen) atoms. The largest absolute Gasteiger partial charge is 0.389 e. The van der Waals surface area contributed by atoms with Gasteiger partial charge in [0.1, 0.15) is 10.8 Å². The average molecular weight is 293 g/mol. The van der Waals surface area contributed by atoms with Crippen LogP contribution in [0.3, 0.4) is 0 Å². The molecule has 0 bridgehead atoms. The highest BCUT2D eigenvalue weighted by Gasteiger charge is 2.29. The number of nitrogens with two attached hydrogens (primary N) is 1. The van der Waals surface area contributed by atoms with E-state index in [-0.39, 0.29) is 10.8 Å². The summed E-state index contributed by atoms with van der Waals surface area (Å²) < 4.78 is 14.3. The van der Waals surface area contributed by atoms with Crippen LogP contribution < -0.4 is 10.6 Å². The van der Waals surface area contributed by atoms with E-state index in [1.807, 2.05) is 12.1 Å². The highest BCUT2D eigenvalue weighted by Crippen LogP contribution is 2.27. The number of hydrogen-bond donors (Lipinski definition) is 1. The Hall–Kier alpha value is -1.20. The number of benzene rings is 1. The molecule has 5 heteroatoms. The molecule has 1 aromatic rings. The summed E-state index contributed by atoms with van der Waals surface area (Å²) >= 11 is 4.90. The van der Waals surface area contributed by atoms with Crippen LogP contribution in [0.2, 0.25) is 0 Å². The van der Waals surface area contributed by atoms with Crippen molar-refractivity contribution in [1.82, 2.24) is 4.90 Å². The molecule has 0 aliphatic carbocycles. The first-order valence-electron chi connectivity index (χ1n) is 7.23. The summed E-state index contributed by atoms with van der Waals surface area (Å²) in [7, 11) is 0. The van der Waals surface area contributed by atoms with Crippen molar-refractivity contribution < 1.29 is 4.39 Å². The van der Waals surface area contributed by atoms with Crippen molar-refractivity contribution in [3.05, 3.63) is 29.6 Å². The van der Waals surface area contributed by atoms with Crippen LogP contribution in [-0.2, 0) is 0 Å². The van der Waals surface area contributed by atoms with Gasteiger partial charge in [0.05, 0.1) is 5.69 Å². The standard InChI is InChI=1S/C15H20FN3S/c16-13-9-11(15(17)20)4-5-14(13)19-8-2-7-18-6-1-3-12(18)10-19/h4-5,9,12H,1-3,6-8,10H2,(H2,17,20). The highest BCUT2D eigenvalue weighted by molar-refractivity contribution is 7.80. The molecular weight excluding hydrogens is 273 g/mol. The van der Waals surface area contributed by atoms with Gasteiger partial charge in [-0.1, -0.05) is 12.2 Å². The first-order chi connectivity index (χ1) is 9.65. The van der Waals surface area contributed by atoms with Gasteiger partial charge < -0.3 is 10.6 Å². The zero-order valence-electron chi connectivity index (χ0n) is 11.5. The fraction of sp³-hybridized carbons (Fsp3) is 0.533. The molecule has 1 aromatic carbocycles. The average Bonchev–Trinajstić information content (AvgIpc) is 2.76. The van der Waals surface area contributed by atoms with Crippen LogP contribution in [0.5, 0.6) is 0 Å². The van der Waals surface area contributed by atoms with E-state index in [1.54, 1.807) is 0 Å². The Labute approximate surface area is 124 Å². The van der Waals surface area contributed by atoms with Crippen LogP contribution in [-0.4, -0.2) is 42.1 Å². The quantitative estimate of drug-likeness (QED) is 0.847. The Kier molecular flexibility index (Phi) is 3.89. The van der Waals surface area contributed by atoms with Gasteiger partial charge in [-0.2, -0.15) is 0 Å². The molecule has 2 heterocycles. The maximum absolute atomic E-state index is 14.3. The van der Waals surface area contributed by atoms with Crippen LogP contribution in [0.1, 0.15) is 24.8 Å². The third kappa shape index (κ3) is 2.65. The molecule has 0 radical (unpaired) electrons. The van der Waals surface area contributed by atoms with Gasteiger partial charge in [0.15, 0.2) is 0 Å². The van der Waals surface area contributed by atoms with Crippen molar-refractivity contribution in [2.45, 2.75) is 25.3 Å². The smallest absolute Gasteiger partial charge is 0.147 e. The van der Waals surface area contributed by atoms with E-state index in [4.69, 9.17) is 18.0 Å². The molecule has 1 atom stereocenters. The summed E-state index contributed by atoms with van der Waals surface area (Å²) in [5, 5.41) is 0. The van der Waals surface area contributed by atoms with Crippen LogP contribution in [0.4, 0.5) is 10.1 Å². The molecule has 2 aliphatic rings. The summed E-state index contributed by atoms with van der Waals surface area (Å²) in [6, 6.07) is 5.66. The summed E-state index contributed by atoms with van der Waals surface area (Å²) in [5.41, 5.74) is 6.83. The summed E-state index contributed by atoms with van der Waals surface area (Å²) in [5.74, 6) is -0.221. The van der Waals surface area contributed by atoms with Crippen molar-refractivity contribution in [2.75, 3.05) is 31.1 Å². The monoisotopic (exact) mass is 293 g/mol. The van der Waals surface area contributed by atoms with Crippen molar-refractivity contribution in [1.29, 1.82) is 0 Å². The lowest BCUT2D eigenvalue weighted by Crippen LogP contribution is -2.37. The Bertz CT molecular complexity index is 520. The first kappa shape index (κ1) is 13.8. The second-order valence-corrected chi connectivity index (χ2v) is 6.10. The van der Waals surface area contributed by atoms with Crippen LogP contribution in [0.15, 0.2) is 18.2 Å². The summed E-state index contributed by atoms with van der Waals surface area (Å²) in [6.45, 7) is 4.16. The number of halogens is 1. The minimum absolute atomic E-state index is 0.221. The highest BCUT2D eigenvalue weighted by atomic mass is 32.1. The van der Waals surface area contributed by atoms with Crippen LogP contribution >= 0.6 is 12.2 Å². The molecule has 1 unspecified atom stereocenters. The van der Waals surface area contributed by atoms with Gasteiger partial charge in [-0.05, 0) is 44.0 Å². The van der Waals surface area contributed by atoms with E-state index in [2.05, 4.69) is 9.80 Å². The Morgan fingerprint density at radius 2 is 2.05 bits per heavy atom. The lowest BCUT2D eigenvalue weighted by Gasteiger charge is -2.27. The Morgan fingerprint density at radius 1 is 1.25 bits per heavy atom. The van der Waals surface area contributed by atoms with Gasteiger partial charge in [-0.3, -0.25) is 4.90 Å². The molecule has 2 N–H and O–H groups in total. The molecule has 2 fully saturated rings. The van der Waals surface area contributed by atoms with E-state index in [0.29, 0.717) is 17.3 Å². The number of thiocarbonyl (C=S) groups is 1. The normalized spacial score (nSPS) is 23.4. The Morgan fingerprint density at radius 3 is 2.80 bits per heavy atom. The lowest BCUT2D eigenvalue weighted by atomic mass is 10.1. The zero-order chi connectivity index (χ0) is 14.1. The molecule has 0 amide bonds. The first-order valence-corrected chi connectivity index (χ1v) is 7.64. The third-order valence-corrected chi connectivity index (χ3v) is 4.61. The number of nitrogens with zero attached hydrogens (tertiary/aromatic N) is 2. The van der Waals surface area contributed by atoms with E-state index in [9.17, 15) is 4.39 Å². The second-order valence-electron chi connectivity index (χ2n) is 5.66. The molecule has 108 valence electrons. The predicted molar refractivity (Wildman–Crippen MR) is 83.7 cm³/mol.